The van der Waals surface area contributed by atoms with E-state index in [9.17, 15) is 0 Å². The van der Waals surface area contributed by atoms with E-state index in [0.29, 0.717) is 20.6 Å². The van der Waals surface area contributed by atoms with E-state index in [0.717, 1.165) is 6.04 Å². The minimum absolute atomic E-state index is 0.293. The quantitative estimate of drug-likeness (QED) is 0.723. The molecule has 1 aliphatic carbocycles. The van der Waals surface area contributed by atoms with Gasteiger partial charge in [0.15, 0.2) is 0 Å². The van der Waals surface area contributed by atoms with Crippen LogP contribution in [0.15, 0.2) is 0 Å². The lowest BCUT2D eigenvalue weighted by atomic mass is 9.96. The van der Waals surface area contributed by atoms with Gasteiger partial charge in [0.1, 0.15) is 9.49 Å². The van der Waals surface area contributed by atoms with Crippen LogP contribution >= 0.6 is 0 Å². The van der Waals surface area contributed by atoms with Crippen molar-refractivity contribution in [3.05, 3.63) is 0 Å². The summed E-state index contributed by atoms with van der Waals surface area (Å²) in [5.41, 5.74) is 0. The molecule has 1 nitrogen and oxygen atoms in total. The van der Waals surface area contributed by atoms with Crippen molar-refractivity contribution in [2.45, 2.75) is 89.2 Å². The molecule has 1 N–H and O–H groups in total. The second-order valence-corrected chi connectivity index (χ2v) is 10.3. The summed E-state index contributed by atoms with van der Waals surface area (Å²) >= 11 is 0.293. The molecule has 1 saturated carbocycles. The van der Waals surface area contributed by atoms with Crippen LogP contribution in [0.2, 0.25) is 0 Å². The zero-order chi connectivity index (χ0) is 12.4. The third-order valence-corrected chi connectivity index (χ3v) is 6.13. The molecule has 0 radical (unpaired) electrons. The molecule has 0 atom stereocenters. The number of hydrogen-bond donors (Lipinski definition) is 1. The maximum absolute atomic E-state index is 3.96. The summed E-state index contributed by atoms with van der Waals surface area (Å²) < 4.78 is 4.71. The zero-order valence-corrected chi connectivity index (χ0v) is 12.8. The second-order valence-electron chi connectivity index (χ2n) is 6.98. The van der Waals surface area contributed by atoms with Crippen LogP contribution in [0.4, 0.5) is 0 Å². The third kappa shape index (κ3) is 4.29. The van der Waals surface area contributed by atoms with Gasteiger partial charge in [-0.25, -0.2) is 0 Å². The highest BCUT2D eigenvalue weighted by atomic mass is 32.2. The van der Waals surface area contributed by atoms with Crippen molar-refractivity contribution < 1.29 is 0 Å². The third-order valence-electron chi connectivity index (χ3n) is 3.11. The Hall–Kier alpha value is 0.310. The van der Waals surface area contributed by atoms with Gasteiger partial charge < -0.3 is 0 Å². The van der Waals surface area contributed by atoms with Crippen molar-refractivity contribution in [1.82, 2.24) is 4.72 Å². The summed E-state index contributed by atoms with van der Waals surface area (Å²) in [5, 5.41) is 0. The Bertz CT molecular complexity index is 192. The van der Waals surface area contributed by atoms with Crippen LogP contribution in [-0.2, 0) is 11.1 Å². The van der Waals surface area contributed by atoms with E-state index in [1.165, 1.54) is 32.1 Å². The Kier molecular flexibility index (Phi) is 4.76. The van der Waals surface area contributed by atoms with E-state index in [-0.39, 0.29) is 0 Å². The average Bonchev–Trinajstić information content (AvgIpc) is 2.12. The molecule has 0 saturated heterocycles. The van der Waals surface area contributed by atoms with Crippen LogP contribution in [0.25, 0.3) is 0 Å². The van der Waals surface area contributed by atoms with Crippen LogP contribution in [0.5, 0.6) is 0 Å². The van der Waals surface area contributed by atoms with Gasteiger partial charge in [-0.15, -0.1) is 4.72 Å². The van der Waals surface area contributed by atoms with Crippen molar-refractivity contribution in [3.63, 3.8) is 0 Å². The monoisotopic (exact) mass is 244 g/mol. The first-order chi connectivity index (χ1) is 7.21. The molecule has 0 aromatic carbocycles. The van der Waals surface area contributed by atoms with Gasteiger partial charge in [0.05, 0.1) is 17.1 Å². The van der Waals surface area contributed by atoms with Gasteiger partial charge in [-0.2, -0.15) is 0 Å². The molecule has 1 fully saturated rings. The molecule has 0 spiro atoms. The molecule has 96 valence electrons. The summed E-state index contributed by atoms with van der Waals surface area (Å²) in [5.74, 6) is 0. The summed E-state index contributed by atoms with van der Waals surface area (Å²) in [6.07, 6.45) is 7.05. The van der Waals surface area contributed by atoms with Crippen molar-refractivity contribution >= 4 is 11.1 Å². The average molecular weight is 244 g/mol. The predicted molar refractivity (Wildman–Crippen MR) is 76.9 cm³/mol. The Labute approximate surface area is 105 Å². The Morgan fingerprint density at radius 2 is 1.25 bits per heavy atom. The highest BCUT2D eigenvalue weighted by Crippen LogP contribution is 2.31. The molecule has 0 aliphatic heterocycles. The fourth-order valence-corrected chi connectivity index (χ4v) is 5.77. The molecular formula is C14H30NS+. The molecule has 1 aliphatic rings. The number of nitrogens with one attached hydrogen (secondary N) is 1. The molecule has 16 heavy (non-hydrogen) atoms. The Morgan fingerprint density at radius 1 is 0.812 bits per heavy atom. The van der Waals surface area contributed by atoms with Gasteiger partial charge in [0, 0.05) is 0 Å². The Balaban J connectivity index is 2.63. The van der Waals surface area contributed by atoms with E-state index in [2.05, 4.69) is 46.3 Å². The molecule has 1 rings (SSSR count). The van der Waals surface area contributed by atoms with Crippen LogP contribution in [0.1, 0.15) is 73.6 Å². The van der Waals surface area contributed by atoms with E-state index < -0.39 is 0 Å². The highest BCUT2D eigenvalue weighted by molar-refractivity contribution is 7.97. The maximum Gasteiger partial charge on any atom is 0.139 e. The van der Waals surface area contributed by atoms with E-state index in [1.807, 2.05) is 0 Å². The molecule has 0 aromatic rings. The standard InChI is InChI=1S/C14H30NS/c1-13(2,3)16(14(4,5)6)15-12-10-8-7-9-11-12/h12,15H,7-11H2,1-6H3/q+1. The van der Waals surface area contributed by atoms with E-state index >= 15 is 0 Å². The molecule has 0 unspecified atom stereocenters. The van der Waals surface area contributed by atoms with Crippen molar-refractivity contribution in [3.8, 4) is 0 Å². The lowest BCUT2D eigenvalue weighted by molar-refractivity contribution is 0.417. The van der Waals surface area contributed by atoms with Gasteiger partial charge in [-0.05, 0) is 54.4 Å². The van der Waals surface area contributed by atoms with Gasteiger partial charge in [0.2, 0.25) is 0 Å². The van der Waals surface area contributed by atoms with Crippen molar-refractivity contribution in [2.24, 2.45) is 0 Å². The van der Waals surface area contributed by atoms with Gasteiger partial charge >= 0.3 is 0 Å². The van der Waals surface area contributed by atoms with E-state index in [1.54, 1.807) is 0 Å². The summed E-state index contributed by atoms with van der Waals surface area (Å²) in [6.45, 7) is 14.2. The smallest absolute Gasteiger partial charge is 0.135 e. The minimum atomic E-state index is 0.293. The largest absolute Gasteiger partial charge is 0.139 e. The summed E-state index contributed by atoms with van der Waals surface area (Å²) in [7, 11) is 0. The van der Waals surface area contributed by atoms with Crippen molar-refractivity contribution in [2.75, 3.05) is 0 Å². The molecule has 0 bridgehead atoms. The Morgan fingerprint density at radius 3 is 1.62 bits per heavy atom. The van der Waals surface area contributed by atoms with Crippen LogP contribution < -0.4 is 4.72 Å². The number of rotatable bonds is 2. The first kappa shape index (κ1) is 14.4. The fraction of sp³-hybridized carbons (Fsp3) is 1.00. The van der Waals surface area contributed by atoms with Gasteiger partial charge in [-0.1, -0.05) is 19.3 Å². The van der Waals surface area contributed by atoms with Gasteiger partial charge in [0.25, 0.3) is 0 Å². The first-order valence-electron chi connectivity index (χ1n) is 6.72. The summed E-state index contributed by atoms with van der Waals surface area (Å²) in [4.78, 5) is 0. The van der Waals surface area contributed by atoms with Crippen LogP contribution in [0, 0.1) is 0 Å². The SMILES string of the molecule is CC(C)(C)[S+](NC1CCCCC1)C(C)(C)C. The topological polar surface area (TPSA) is 12.0 Å². The molecule has 2 heteroatoms. The predicted octanol–water partition coefficient (Wildman–Crippen LogP) is 4.04. The van der Waals surface area contributed by atoms with Crippen LogP contribution in [0.3, 0.4) is 0 Å². The first-order valence-corrected chi connectivity index (χ1v) is 7.94. The molecular weight excluding hydrogens is 214 g/mol. The van der Waals surface area contributed by atoms with Gasteiger partial charge in [-0.3, -0.25) is 0 Å². The normalized spacial score (nSPS) is 20.4. The zero-order valence-electron chi connectivity index (χ0n) is 12.0. The van der Waals surface area contributed by atoms with Crippen LogP contribution in [-0.4, -0.2) is 15.5 Å². The summed E-state index contributed by atoms with van der Waals surface area (Å²) in [6, 6.07) is 0.774. The minimum Gasteiger partial charge on any atom is -0.135 e. The molecule has 0 aromatic heterocycles. The lowest BCUT2D eigenvalue weighted by Crippen LogP contribution is -2.54. The maximum atomic E-state index is 3.96. The number of hydrogen-bond acceptors (Lipinski definition) is 1. The highest BCUT2D eigenvalue weighted by Gasteiger charge is 2.46. The fourth-order valence-electron chi connectivity index (χ4n) is 2.66. The lowest BCUT2D eigenvalue weighted by Gasteiger charge is -2.34. The van der Waals surface area contributed by atoms with E-state index in [4.69, 9.17) is 0 Å². The molecule has 0 heterocycles. The molecule has 0 amide bonds. The van der Waals surface area contributed by atoms with Crippen molar-refractivity contribution in [1.29, 1.82) is 0 Å². The second kappa shape index (κ2) is 5.30.